The number of amides is 1. The molecule has 0 saturated heterocycles. The molecular weight excluding hydrogens is 424 g/mol. The molecule has 0 spiro atoms. The summed E-state index contributed by atoms with van der Waals surface area (Å²) >= 11 is 1.25. The third-order valence-corrected chi connectivity index (χ3v) is 5.64. The van der Waals surface area contributed by atoms with Gasteiger partial charge in [-0.05, 0) is 29.3 Å². The number of rotatable bonds is 8. The number of ether oxygens (including phenoxy) is 1. The van der Waals surface area contributed by atoms with Crippen LogP contribution in [0.2, 0.25) is 0 Å². The largest absolute Gasteiger partial charge is 0.503 e. The van der Waals surface area contributed by atoms with Gasteiger partial charge in [-0.25, -0.2) is 4.98 Å². The lowest BCUT2D eigenvalue weighted by atomic mass is 9.95. The van der Waals surface area contributed by atoms with Crippen LogP contribution in [0.4, 0.5) is 5.13 Å². The minimum absolute atomic E-state index is 0.00162. The van der Waals surface area contributed by atoms with Gasteiger partial charge in [0.15, 0.2) is 16.7 Å². The molecule has 1 unspecified atom stereocenters. The van der Waals surface area contributed by atoms with Crippen molar-refractivity contribution in [3.05, 3.63) is 107 Å². The van der Waals surface area contributed by atoms with E-state index in [1.807, 2.05) is 30.3 Å². The maximum Gasteiger partial charge on any atom is 0.296 e. The zero-order chi connectivity index (χ0) is 22.5. The van der Waals surface area contributed by atoms with Crippen molar-refractivity contribution in [2.75, 3.05) is 11.5 Å². The van der Waals surface area contributed by atoms with Crippen LogP contribution in [0.25, 0.3) is 6.08 Å². The summed E-state index contributed by atoms with van der Waals surface area (Å²) in [4.78, 5) is 31.8. The molecule has 2 aromatic carbocycles. The predicted molar refractivity (Wildman–Crippen MR) is 125 cm³/mol. The van der Waals surface area contributed by atoms with Gasteiger partial charge < -0.3 is 9.84 Å². The molecule has 1 aliphatic rings. The molecule has 0 saturated carbocycles. The third-order valence-electron chi connectivity index (χ3n) is 4.87. The summed E-state index contributed by atoms with van der Waals surface area (Å²) in [5.41, 5.74) is 1.45. The van der Waals surface area contributed by atoms with E-state index in [0.717, 1.165) is 5.56 Å². The number of aliphatic hydroxyl groups is 1. The maximum absolute atomic E-state index is 13.2. The van der Waals surface area contributed by atoms with E-state index in [1.54, 1.807) is 48.0 Å². The predicted octanol–water partition coefficient (Wildman–Crippen LogP) is 4.89. The second kappa shape index (κ2) is 9.45. The normalized spacial score (nSPS) is 16.1. The molecule has 7 heteroatoms. The van der Waals surface area contributed by atoms with Gasteiger partial charge >= 0.3 is 0 Å². The molecule has 1 N–H and O–H groups in total. The number of hydrogen-bond acceptors (Lipinski definition) is 6. The van der Waals surface area contributed by atoms with E-state index in [1.165, 1.54) is 22.3 Å². The molecule has 1 aliphatic heterocycles. The summed E-state index contributed by atoms with van der Waals surface area (Å²) in [6, 6.07) is 15.6. The fourth-order valence-electron chi connectivity index (χ4n) is 3.46. The topological polar surface area (TPSA) is 79.7 Å². The van der Waals surface area contributed by atoms with E-state index in [4.69, 9.17) is 4.74 Å². The average Bonchev–Trinajstić information content (AvgIpc) is 3.44. The number of nitrogens with zero attached hydrogens (tertiary/aromatic N) is 2. The number of aromatic nitrogens is 1. The van der Waals surface area contributed by atoms with Gasteiger partial charge in [0, 0.05) is 11.6 Å². The van der Waals surface area contributed by atoms with Crippen LogP contribution < -0.4 is 9.64 Å². The van der Waals surface area contributed by atoms with Crippen LogP contribution in [-0.2, 0) is 9.59 Å². The smallest absolute Gasteiger partial charge is 0.296 e. The van der Waals surface area contributed by atoms with Gasteiger partial charge in [0.05, 0.1) is 11.6 Å². The molecule has 0 fully saturated rings. The highest BCUT2D eigenvalue weighted by Crippen LogP contribution is 2.42. The van der Waals surface area contributed by atoms with Crippen LogP contribution in [0.15, 0.2) is 96.2 Å². The number of carbonyl (C=O) groups is 2. The highest BCUT2D eigenvalue weighted by molar-refractivity contribution is 7.13. The van der Waals surface area contributed by atoms with E-state index >= 15 is 0 Å². The lowest BCUT2D eigenvalue weighted by Gasteiger charge is -2.24. The molecule has 0 aliphatic carbocycles. The van der Waals surface area contributed by atoms with Gasteiger partial charge in [0.1, 0.15) is 12.4 Å². The van der Waals surface area contributed by atoms with Crippen molar-refractivity contribution in [3.63, 3.8) is 0 Å². The monoisotopic (exact) mass is 444 g/mol. The van der Waals surface area contributed by atoms with Gasteiger partial charge in [-0.1, -0.05) is 61.2 Å². The zero-order valence-corrected chi connectivity index (χ0v) is 17.9. The van der Waals surface area contributed by atoms with Crippen LogP contribution in [0.5, 0.6) is 5.75 Å². The molecule has 2 heterocycles. The van der Waals surface area contributed by atoms with Gasteiger partial charge in [0.2, 0.25) is 0 Å². The summed E-state index contributed by atoms with van der Waals surface area (Å²) in [6.07, 6.45) is 6.22. The maximum atomic E-state index is 13.2. The summed E-state index contributed by atoms with van der Waals surface area (Å²) in [5, 5.41) is 12.8. The van der Waals surface area contributed by atoms with Crippen LogP contribution in [0.3, 0.4) is 0 Å². The van der Waals surface area contributed by atoms with Crippen molar-refractivity contribution in [2.24, 2.45) is 0 Å². The number of allylic oxidation sites excluding steroid dienone is 1. The Morgan fingerprint density at radius 2 is 2.03 bits per heavy atom. The Labute approximate surface area is 189 Å². The van der Waals surface area contributed by atoms with Crippen LogP contribution in [0, 0.1) is 0 Å². The van der Waals surface area contributed by atoms with Crippen molar-refractivity contribution in [1.29, 1.82) is 0 Å². The first-order valence-electron chi connectivity index (χ1n) is 9.87. The van der Waals surface area contributed by atoms with Gasteiger partial charge in [-0.3, -0.25) is 14.5 Å². The number of aliphatic hydroxyl groups excluding tert-OH is 1. The Bertz CT molecular complexity index is 1200. The molecule has 0 bridgehead atoms. The number of anilines is 1. The van der Waals surface area contributed by atoms with E-state index in [9.17, 15) is 14.7 Å². The molecule has 1 atom stereocenters. The number of thiazole rings is 1. The summed E-state index contributed by atoms with van der Waals surface area (Å²) in [5.74, 6) is -1.14. The molecule has 1 aromatic heterocycles. The van der Waals surface area contributed by atoms with Crippen LogP contribution in [0.1, 0.15) is 17.2 Å². The minimum atomic E-state index is -0.839. The van der Waals surface area contributed by atoms with E-state index in [0.29, 0.717) is 23.1 Å². The summed E-state index contributed by atoms with van der Waals surface area (Å²) in [7, 11) is 0. The van der Waals surface area contributed by atoms with Crippen molar-refractivity contribution in [3.8, 4) is 5.75 Å². The second-order valence-electron chi connectivity index (χ2n) is 6.94. The van der Waals surface area contributed by atoms with Crippen LogP contribution in [-0.4, -0.2) is 28.4 Å². The fourth-order valence-corrected chi connectivity index (χ4v) is 4.13. The Hall–Kier alpha value is -3.97. The Morgan fingerprint density at radius 3 is 2.75 bits per heavy atom. The SMILES string of the molecule is C=CCOc1cccc(C2C(C(=O)/C=C/c3ccccc3)=C(O)C(=O)N2c2nccs2)c1. The molecule has 1 amide bonds. The second-order valence-corrected chi connectivity index (χ2v) is 7.81. The number of ketones is 1. The Balaban J connectivity index is 1.76. The summed E-state index contributed by atoms with van der Waals surface area (Å²) in [6.45, 7) is 3.96. The Kier molecular flexibility index (Phi) is 6.28. The van der Waals surface area contributed by atoms with E-state index in [-0.39, 0.29) is 5.57 Å². The molecule has 32 heavy (non-hydrogen) atoms. The van der Waals surface area contributed by atoms with Crippen molar-refractivity contribution in [1.82, 2.24) is 4.98 Å². The minimum Gasteiger partial charge on any atom is -0.503 e. The lowest BCUT2D eigenvalue weighted by Crippen LogP contribution is -2.30. The molecule has 4 rings (SSSR count). The number of hydrogen-bond donors (Lipinski definition) is 1. The lowest BCUT2D eigenvalue weighted by molar-refractivity contribution is -0.117. The highest BCUT2D eigenvalue weighted by Gasteiger charge is 2.44. The first kappa shape index (κ1) is 21.3. The van der Waals surface area contributed by atoms with Crippen molar-refractivity contribution in [2.45, 2.75) is 6.04 Å². The average molecular weight is 445 g/mol. The molecule has 6 nitrogen and oxygen atoms in total. The highest BCUT2D eigenvalue weighted by atomic mass is 32.1. The summed E-state index contributed by atoms with van der Waals surface area (Å²) < 4.78 is 5.62. The quantitative estimate of drug-likeness (QED) is 0.395. The molecule has 3 aromatic rings. The number of benzene rings is 2. The third kappa shape index (κ3) is 4.24. The van der Waals surface area contributed by atoms with E-state index < -0.39 is 23.5 Å². The molecule has 0 radical (unpaired) electrons. The van der Waals surface area contributed by atoms with Crippen molar-refractivity contribution < 1.29 is 19.4 Å². The molecular formula is C25H20N2O4S. The van der Waals surface area contributed by atoms with Crippen molar-refractivity contribution >= 4 is 34.2 Å². The number of carbonyl (C=O) groups excluding carboxylic acids is 2. The van der Waals surface area contributed by atoms with Gasteiger partial charge in [-0.2, -0.15) is 0 Å². The van der Waals surface area contributed by atoms with E-state index in [2.05, 4.69) is 11.6 Å². The zero-order valence-electron chi connectivity index (χ0n) is 17.0. The van der Waals surface area contributed by atoms with Gasteiger partial charge in [-0.15, -0.1) is 11.3 Å². The first-order chi connectivity index (χ1) is 15.6. The Morgan fingerprint density at radius 1 is 1.22 bits per heavy atom. The van der Waals surface area contributed by atoms with Crippen LogP contribution >= 0.6 is 11.3 Å². The molecule has 160 valence electrons. The first-order valence-corrected chi connectivity index (χ1v) is 10.8. The fraction of sp³-hybridized carbons (Fsp3) is 0.0800. The van der Waals surface area contributed by atoms with Gasteiger partial charge in [0.25, 0.3) is 5.91 Å². The standard InChI is InChI=1S/C25H20N2O4S/c1-2-14-31-19-10-6-9-18(16-19)22-21(20(28)12-11-17-7-4-3-5-8-17)23(29)24(30)27(22)25-26-13-15-32-25/h2-13,15-16,22,29H,1,14H2/b12-11+.